The van der Waals surface area contributed by atoms with Gasteiger partial charge in [0.25, 0.3) is 0 Å². The summed E-state index contributed by atoms with van der Waals surface area (Å²) in [6.07, 6.45) is 0. The third-order valence-electron chi connectivity index (χ3n) is 0.964. The Morgan fingerprint density at radius 1 is 0.706 bits per heavy atom. The topological polar surface area (TPSA) is 59.7 Å². The molecular formula is C8I5MnO3-. The van der Waals surface area contributed by atoms with Gasteiger partial charge in [0.15, 0.2) is 0 Å². The van der Waals surface area contributed by atoms with Gasteiger partial charge in [0, 0.05) is 17.1 Å². The molecule has 0 spiro atoms. The van der Waals surface area contributed by atoms with Crippen LogP contribution in [0.15, 0.2) is 0 Å². The van der Waals surface area contributed by atoms with E-state index < -0.39 is 0 Å². The van der Waals surface area contributed by atoms with Crippen LogP contribution in [0.2, 0.25) is 0 Å². The predicted molar refractivity (Wildman–Crippen MR) is 97.4 cm³/mol. The zero-order valence-electron chi connectivity index (χ0n) is 7.49. The molecule has 1 radical (unpaired) electrons. The monoisotopic (exact) mass is 833 g/mol. The first-order chi connectivity index (χ1) is 7.55. The maximum atomic E-state index is 7.50. The van der Waals surface area contributed by atoms with Gasteiger partial charge in [0.2, 0.25) is 0 Å². The molecule has 0 aliphatic carbocycles. The van der Waals surface area contributed by atoms with Crippen LogP contribution in [0.3, 0.4) is 0 Å². The predicted octanol–water partition coefficient (Wildman–Crippen LogP) is 4.31. The largest absolute Gasteiger partial charge is 0 e. The van der Waals surface area contributed by atoms with Crippen LogP contribution in [0.1, 0.15) is 0 Å². The third-order valence-corrected chi connectivity index (χ3v) is 11.5. The van der Waals surface area contributed by atoms with Crippen molar-refractivity contribution in [1.29, 1.82) is 0 Å². The van der Waals surface area contributed by atoms with Crippen LogP contribution >= 0.6 is 113 Å². The van der Waals surface area contributed by atoms with Crippen molar-refractivity contribution >= 4 is 113 Å². The molecule has 0 atom stereocenters. The van der Waals surface area contributed by atoms with Gasteiger partial charge < -0.3 is 0 Å². The Morgan fingerprint density at radius 2 is 0.882 bits per heavy atom. The normalized spacial score (nSPS) is 6.53. The zero-order valence-corrected chi connectivity index (χ0v) is 19.5. The third kappa shape index (κ3) is 10.2. The summed E-state index contributed by atoms with van der Waals surface area (Å²) < 4.78 is 29.5. The Labute approximate surface area is 178 Å². The van der Waals surface area contributed by atoms with E-state index in [2.05, 4.69) is 133 Å². The molecule has 0 bridgehead atoms. The van der Waals surface area contributed by atoms with Crippen LogP contribution in [0.5, 0.6) is 0 Å². The van der Waals surface area contributed by atoms with Gasteiger partial charge in [0.05, 0.1) is 0 Å². The van der Waals surface area contributed by atoms with E-state index in [0.29, 0.717) is 0 Å². The number of hydrogen-bond acceptors (Lipinski definition) is 0. The van der Waals surface area contributed by atoms with E-state index in [1.54, 1.807) is 0 Å². The Morgan fingerprint density at radius 3 is 0.941 bits per heavy atom. The standard InChI is InChI=1S/C5I5.3CO.Mn/c6-1-2(7)4(9)5(10)3(1)8;3*1-2;/q-1;;;;. The van der Waals surface area contributed by atoms with E-state index >= 15 is 0 Å². The van der Waals surface area contributed by atoms with Crippen molar-refractivity contribution < 1.29 is 31.0 Å². The Hall–Kier alpha value is 2.74. The summed E-state index contributed by atoms with van der Waals surface area (Å²) in [5.74, 6) is 0. The molecule has 17 heavy (non-hydrogen) atoms. The second-order valence-electron chi connectivity index (χ2n) is 1.57. The summed E-state index contributed by atoms with van der Waals surface area (Å²) in [6.45, 7) is 13.5. The first-order valence-corrected chi connectivity index (χ1v) is 8.20. The molecule has 0 saturated heterocycles. The maximum Gasteiger partial charge on any atom is 0 e. The second-order valence-corrected chi connectivity index (χ2v) is 6.96. The summed E-state index contributed by atoms with van der Waals surface area (Å²) in [5, 5.41) is 0. The molecule has 0 heterocycles. The quantitative estimate of drug-likeness (QED) is 0.162. The minimum Gasteiger partial charge on any atom is 0 e. The van der Waals surface area contributed by atoms with Gasteiger partial charge in [0.1, 0.15) is 0 Å². The Balaban J connectivity index is -0.000000106. The van der Waals surface area contributed by atoms with Crippen molar-refractivity contribution in [1.82, 2.24) is 0 Å². The van der Waals surface area contributed by atoms with Crippen molar-refractivity contribution in [3.8, 4) is 0 Å². The number of rotatable bonds is 0. The molecule has 0 aliphatic rings. The molecular weight excluding hydrogens is 834 g/mol. The molecule has 1 rings (SSSR count). The van der Waals surface area contributed by atoms with Crippen LogP contribution in [0, 0.1) is 37.8 Å². The summed E-state index contributed by atoms with van der Waals surface area (Å²) in [5.41, 5.74) is 0. The minimum atomic E-state index is 0. The van der Waals surface area contributed by atoms with Gasteiger partial charge in [-0.05, 0) is 0 Å². The average Bonchev–Trinajstić information content (AvgIpc) is 2.55. The van der Waals surface area contributed by atoms with Crippen LogP contribution in [0.25, 0.3) is 0 Å². The van der Waals surface area contributed by atoms with E-state index in [1.807, 2.05) is 0 Å². The van der Waals surface area contributed by atoms with Gasteiger partial charge >= 0.3 is 33.9 Å². The molecule has 0 N–H and O–H groups in total. The molecule has 0 saturated carbocycles. The molecule has 1 aromatic rings. The SMILES string of the molecule is Ic1c(I)c(I)[c-](I)c1I.[C-]#[O+].[C-]#[O+].[C-]#[O+].[Mn]. The summed E-state index contributed by atoms with van der Waals surface area (Å²) in [4.78, 5) is 0. The molecule has 3 nitrogen and oxygen atoms in total. The van der Waals surface area contributed by atoms with Crippen molar-refractivity contribution in [2.75, 3.05) is 0 Å². The Bertz CT molecular complexity index is 288. The van der Waals surface area contributed by atoms with Gasteiger partial charge in [-0.25, -0.2) is 0 Å². The minimum absolute atomic E-state index is 0. The van der Waals surface area contributed by atoms with Crippen molar-refractivity contribution in [2.24, 2.45) is 0 Å². The summed E-state index contributed by atoms with van der Waals surface area (Å²) in [6, 6.07) is 0. The number of hydrogen-bond donors (Lipinski definition) is 0. The molecule has 93 valence electrons. The van der Waals surface area contributed by atoms with Crippen molar-refractivity contribution in [3.05, 3.63) is 37.8 Å². The fourth-order valence-electron chi connectivity index (χ4n) is 0.482. The van der Waals surface area contributed by atoms with Crippen LogP contribution in [-0.4, -0.2) is 0 Å². The van der Waals surface area contributed by atoms with Crippen molar-refractivity contribution in [3.63, 3.8) is 0 Å². The smallest absolute Gasteiger partial charge is 0 e. The molecule has 9 heteroatoms. The van der Waals surface area contributed by atoms with Crippen molar-refractivity contribution in [2.45, 2.75) is 0 Å². The molecule has 0 aromatic heterocycles. The fourth-order valence-corrected chi connectivity index (χ4v) is 5.76. The fraction of sp³-hybridized carbons (Fsp3) is 0. The first kappa shape index (κ1) is 28.0. The summed E-state index contributed by atoms with van der Waals surface area (Å²) in [7, 11) is 0. The molecule has 0 aliphatic heterocycles. The molecule has 0 amide bonds. The number of halogens is 5. The van der Waals surface area contributed by atoms with Gasteiger partial charge in [-0.15, -0.1) is 74.9 Å². The average molecular weight is 834 g/mol. The molecule has 0 fully saturated rings. The maximum absolute atomic E-state index is 7.50. The molecule has 1 aromatic carbocycles. The van der Waals surface area contributed by atoms with Crippen LogP contribution < -0.4 is 0 Å². The van der Waals surface area contributed by atoms with Gasteiger partial charge in [-0.1, -0.05) is 55.9 Å². The second kappa shape index (κ2) is 18.7. The summed E-state index contributed by atoms with van der Waals surface area (Å²) >= 11 is 12.0. The van der Waals surface area contributed by atoms with Crippen LogP contribution in [0.4, 0.5) is 0 Å². The van der Waals surface area contributed by atoms with Gasteiger partial charge in [-0.3, -0.25) is 0 Å². The van der Waals surface area contributed by atoms with E-state index in [4.69, 9.17) is 14.0 Å². The first-order valence-electron chi connectivity index (χ1n) is 2.81. The molecule has 0 unspecified atom stereocenters. The van der Waals surface area contributed by atoms with Crippen LogP contribution in [-0.2, 0) is 31.0 Å². The van der Waals surface area contributed by atoms with E-state index in [-0.39, 0.29) is 17.1 Å². The van der Waals surface area contributed by atoms with E-state index in [0.717, 1.165) is 0 Å². The Kier molecular flexibility index (Phi) is 30.8. The van der Waals surface area contributed by atoms with E-state index in [1.165, 1.54) is 17.9 Å². The van der Waals surface area contributed by atoms with E-state index in [9.17, 15) is 0 Å². The van der Waals surface area contributed by atoms with Gasteiger partial charge in [-0.2, -0.15) is 0 Å². The zero-order chi connectivity index (χ0) is 13.9.